The van der Waals surface area contributed by atoms with E-state index in [0.29, 0.717) is 17.4 Å². The van der Waals surface area contributed by atoms with Crippen LogP contribution in [-0.4, -0.2) is 29.2 Å². The van der Waals surface area contributed by atoms with Gasteiger partial charge in [0, 0.05) is 42.2 Å². The average molecular weight is 300 g/mol. The molecule has 2 bridgehead atoms. The Labute approximate surface area is 129 Å². The molecule has 2 saturated heterocycles. The van der Waals surface area contributed by atoms with Crippen LogP contribution in [-0.2, 0) is 4.74 Å². The maximum Gasteiger partial charge on any atom is 0.274 e. The van der Waals surface area contributed by atoms with Crippen LogP contribution in [0.5, 0.6) is 0 Å². The molecule has 4 unspecified atom stereocenters. The maximum absolute atomic E-state index is 11.2. The van der Waals surface area contributed by atoms with Crippen molar-refractivity contribution in [2.24, 2.45) is 11.8 Å². The van der Waals surface area contributed by atoms with E-state index in [4.69, 9.17) is 4.74 Å². The quantitative estimate of drug-likeness (QED) is 0.478. The minimum Gasteiger partial charge on any atom is -0.371 e. The molecule has 5 nitrogen and oxygen atoms in total. The summed E-state index contributed by atoms with van der Waals surface area (Å²) in [6.45, 7) is 7.87. The number of nitro benzene ring substituents is 1. The summed E-state index contributed by atoms with van der Waals surface area (Å²) in [7, 11) is 0. The lowest BCUT2D eigenvalue weighted by Crippen LogP contribution is -2.33. The second-order valence-corrected chi connectivity index (χ2v) is 7.15. The molecule has 4 atom stereocenters. The van der Waals surface area contributed by atoms with Gasteiger partial charge in [0.2, 0.25) is 0 Å². The molecule has 5 heteroatoms. The van der Waals surface area contributed by atoms with Gasteiger partial charge >= 0.3 is 0 Å². The molecule has 0 amide bonds. The molecule has 0 spiro atoms. The lowest BCUT2D eigenvalue weighted by molar-refractivity contribution is -0.385. The third-order valence-electron chi connectivity index (χ3n) is 5.73. The van der Waals surface area contributed by atoms with E-state index in [0.717, 1.165) is 18.8 Å². The fourth-order valence-electron chi connectivity index (χ4n) is 4.44. The van der Waals surface area contributed by atoms with Gasteiger partial charge in [0.25, 0.3) is 5.69 Å². The SMILES string of the molecule is Cc1ccc(N2CC3C(C2)C2(C)C=CC3(C)O2)cc1[N+](=O)[O-]. The van der Waals surface area contributed by atoms with Gasteiger partial charge in [0.15, 0.2) is 0 Å². The highest BCUT2D eigenvalue weighted by Gasteiger charge is 2.62. The van der Waals surface area contributed by atoms with Crippen molar-refractivity contribution in [2.75, 3.05) is 18.0 Å². The summed E-state index contributed by atoms with van der Waals surface area (Å²) in [5.74, 6) is 0.894. The molecule has 0 radical (unpaired) electrons. The van der Waals surface area contributed by atoms with Gasteiger partial charge in [0.1, 0.15) is 0 Å². The molecule has 0 aromatic heterocycles. The zero-order valence-corrected chi connectivity index (χ0v) is 13.1. The highest BCUT2D eigenvalue weighted by atomic mass is 16.6. The predicted molar refractivity (Wildman–Crippen MR) is 84.1 cm³/mol. The Morgan fingerprint density at radius 3 is 2.36 bits per heavy atom. The van der Waals surface area contributed by atoms with Crippen LogP contribution in [0.4, 0.5) is 11.4 Å². The van der Waals surface area contributed by atoms with Crippen LogP contribution in [0.1, 0.15) is 19.4 Å². The molecule has 2 fully saturated rings. The van der Waals surface area contributed by atoms with E-state index >= 15 is 0 Å². The third-order valence-corrected chi connectivity index (χ3v) is 5.73. The molecule has 0 N–H and O–H groups in total. The molecule has 22 heavy (non-hydrogen) atoms. The second-order valence-electron chi connectivity index (χ2n) is 7.15. The molecular weight excluding hydrogens is 280 g/mol. The van der Waals surface area contributed by atoms with Crippen LogP contribution in [0.3, 0.4) is 0 Å². The topological polar surface area (TPSA) is 55.6 Å². The number of fused-ring (bicyclic) bond motifs is 5. The van der Waals surface area contributed by atoms with Crippen LogP contribution in [0.15, 0.2) is 30.4 Å². The van der Waals surface area contributed by atoms with Crippen LogP contribution in [0, 0.1) is 28.9 Å². The number of rotatable bonds is 2. The Kier molecular flexibility index (Phi) is 2.57. The Hall–Kier alpha value is -1.88. The number of aryl methyl sites for hydroxylation is 1. The van der Waals surface area contributed by atoms with E-state index in [1.54, 1.807) is 13.0 Å². The van der Waals surface area contributed by atoms with Gasteiger partial charge < -0.3 is 9.64 Å². The molecule has 4 rings (SSSR count). The smallest absolute Gasteiger partial charge is 0.274 e. The van der Waals surface area contributed by atoms with Crippen molar-refractivity contribution in [3.05, 3.63) is 46.0 Å². The number of benzene rings is 1. The summed E-state index contributed by atoms with van der Waals surface area (Å²) in [6, 6.07) is 5.54. The van der Waals surface area contributed by atoms with Gasteiger partial charge in [-0.2, -0.15) is 0 Å². The summed E-state index contributed by atoms with van der Waals surface area (Å²) < 4.78 is 6.23. The molecule has 1 aromatic carbocycles. The number of hydrogen-bond donors (Lipinski definition) is 0. The predicted octanol–water partition coefficient (Wildman–Crippen LogP) is 3.07. The standard InChI is InChI=1S/C17H20N2O3/c1-11-4-5-12(8-15(11)19(20)21)18-9-13-14(10-18)17(3)7-6-16(13,2)22-17/h4-8,13-14H,9-10H2,1-3H3. The highest BCUT2D eigenvalue weighted by Crippen LogP contribution is 2.56. The van der Waals surface area contributed by atoms with E-state index < -0.39 is 0 Å². The molecule has 0 aliphatic carbocycles. The molecule has 3 heterocycles. The minimum absolute atomic E-state index is 0.190. The summed E-state index contributed by atoms with van der Waals surface area (Å²) in [5.41, 5.74) is 1.47. The Bertz CT molecular complexity index is 675. The Morgan fingerprint density at radius 2 is 1.82 bits per heavy atom. The number of nitrogens with zero attached hydrogens (tertiary/aromatic N) is 2. The highest BCUT2D eigenvalue weighted by molar-refractivity contribution is 5.58. The molecule has 3 aliphatic heterocycles. The van der Waals surface area contributed by atoms with Crippen molar-refractivity contribution in [3.8, 4) is 0 Å². The largest absolute Gasteiger partial charge is 0.371 e. The minimum atomic E-state index is -0.299. The zero-order valence-electron chi connectivity index (χ0n) is 13.1. The van der Waals surface area contributed by atoms with Crippen molar-refractivity contribution < 1.29 is 9.66 Å². The first-order valence-corrected chi connectivity index (χ1v) is 7.73. The normalized spacial score (nSPS) is 38.6. The fourth-order valence-corrected chi connectivity index (χ4v) is 4.44. The summed E-state index contributed by atoms with van der Waals surface area (Å²) in [4.78, 5) is 13.1. The first-order valence-electron chi connectivity index (χ1n) is 7.73. The van der Waals surface area contributed by atoms with E-state index in [1.165, 1.54) is 0 Å². The third kappa shape index (κ3) is 1.69. The maximum atomic E-state index is 11.2. The van der Waals surface area contributed by atoms with Crippen molar-refractivity contribution in [3.63, 3.8) is 0 Å². The number of ether oxygens (including phenoxy) is 1. The van der Waals surface area contributed by atoms with Crippen molar-refractivity contribution in [1.82, 2.24) is 0 Å². The van der Waals surface area contributed by atoms with Crippen molar-refractivity contribution in [2.45, 2.75) is 32.0 Å². The lowest BCUT2D eigenvalue weighted by atomic mass is 9.74. The molecule has 3 aliphatic rings. The van der Waals surface area contributed by atoms with Crippen LogP contribution < -0.4 is 4.90 Å². The van der Waals surface area contributed by atoms with E-state index in [1.807, 2.05) is 12.1 Å². The molecule has 0 saturated carbocycles. The van der Waals surface area contributed by atoms with Gasteiger partial charge in [-0.3, -0.25) is 10.1 Å². The average Bonchev–Trinajstić information content (AvgIpc) is 3.07. The number of nitro groups is 1. The zero-order chi connectivity index (χ0) is 15.7. The lowest BCUT2D eigenvalue weighted by Gasteiger charge is -2.27. The first kappa shape index (κ1) is 13.8. The second kappa shape index (κ2) is 4.10. The number of anilines is 1. The molecule has 1 aromatic rings. The summed E-state index contributed by atoms with van der Waals surface area (Å²) >= 11 is 0. The van der Waals surface area contributed by atoms with Gasteiger partial charge in [-0.1, -0.05) is 18.2 Å². The van der Waals surface area contributed by atoms with Gasteiger partial charge in [-0.05, 0) is 26.8 Å². The molecular formula is C17H20N2O3. The van der Waals surface area contributed by atoms with Crippen LogP contribution in [0.2, 0.25) is 0 Å². The Morgan fingerprint density at radius 1 is 1.23 bits per heavy atom. The van der Waals surface area contributed by atoms with E-state index in [9.17, 15) is 10.1 Å². The van der Waals surface area contributed by atoms with Gasteiger partial charge in [-0.25, -0.2) is 0 Å². The number of hydrogen-bond acceptors (Lipinski definition) is 4. The van der Waals surface area contributed by atoms with Crippen molar-refractivity contribution >= 4 is 11.4 Å². The fraction of sp³-hybridized carbons (Fsp3) is 0.529. The van der Waals surface area contributed by atoms with E-state index in [2.05, 4.69) is 30.9 Å². The molecule has 116 valence electrons. The Balaban J connectivity index is 1.65. The van der Waals surface area contributed by atoms with Crippen LogP contribution >= 0.6 is 0 Å². The van der Waals surface area contributed by atoms with Crippen LogP contribution in [0.25, 0.3) is 0 Å². The first-order chi connectivity index (χ1) is 10.3. The van der Waals surface area contributed by atoms with Gasteiger partial charge in [0.05, 0.1) is 16.1 Å². The summed E-state index contributed by atoms with van der Waals surface area (Å²) in [6.07, 6.45) is 4.38. The van der Waals surface area contributed by atoms with E-state index in [-0.39, 0.29) is 21.8 Å². The monoisotopic (exact) mass is 300 g/mol. The van der Waals surface area contributed by atoms with Crippen molar-refractivity contribution in [1.29, 1.82) is 0 Å². The van der Waals surface area contributed by atoms with Gasteiger partial charge in [-0.15, -0.1) is 0 Å². The summed E-state index contributed by atoms with van der Waals surface area (Å²) in [5, 5.41) is 11.2.